The molecule has 0 saturated carbocycles. The largest absolute Gasteiger partial charge is 0.343 e. The number of hydrogen-bond donors (Lipinski definition) is 0. The maximum absolute atomic E-state index is 13.3. The Labute approximate surface area is 190 Å². The summed E-state index contributed by atoms with van der Waals surface area (Å²) in [5.41, 5.74) is 2.04. The Hall–Kier alpha value is -1.78. The van der Waals surface area contributed by atoms with Gasteiger partial charge in [-0.05, 0) is 37.5 Å². The smallest absolute Gasteiger partial charge is 0.282 e. The highest BCUT2D eigenvalue weighted by atomic mass is 32.2. The van der Waals surface area contributed by atoms with Crippen LogP contribution in [0.2, 0.25) is 0 Å². The standard InChI is InChI=1S/C22H35N5O4S/c1-15(28)25-11-8-16(9-12-25)27-18-13-22(2,3)14-19(29)20(18)21(23-27)17-7-6-10-26(17)32(30,31)24(4)5/h16-17H,6-14H2,1-5H3/t17-/m1/s1. The molecule has 32 heavy (non-hydrogen) atoms. The van der Waals surface area contributed by atoms with E-state index in [0.29, 0.717) is 43.7 Å². The molecule has 1 aliphatic carbocycles. The number of fused-ring (bicyclic) bond motifs is 1. The average molecular weight is 466 g/mol. The lowest BCUT2D eigenvalue weighted by Gasteiger charge is -2.34. The summed E-state index contributed by atoms with van der Waals surface area (Å²) >= 11 is 0. The number of hydrogen-bond acceptors (Lipinski definition) is 5. The lowest BCUT2D eigenvalue weighted by Crippen LogP contribution is -2.40. The SMILES string of the molecule is CC(=O)N1CCC(n2nc([C@H]3CCCN3S(=O)(=O)N(C)C)c3c2CC(C)(C)CC3=O)CC1. The van der Waals surface area contributed by atoms with E-state index in [9.17, 15) is 18.0 Å². The molecule has 1 aromatic rings. The Morgan fingerprint density at radius 1 is 1.09 bits per heavy atom. The molecule has 3 aliphatic rings. The zero-order chi connectivity index (χ0) is 23.4. The van der Waals surface area contributed by atoms with Crippen LogP contribution >= 0.6 is 0 Å². The van der Waals surface area contributed by atoms with Gasteiger partial charge in [-0.3, -0.25) is 14.3 Å². The summed E-state index contributed by atoms with van der Waals surface area (Å²) < 4.78 is 30.7. The number of rotatable bonds is 4. The van der Waals surface area contributed by atoms with Gasteiger partial charge in [0.25, 0.3) is 10.2 Å². The average Bonchev–Trinajstić information content (AvgIpc) is 3.32. The number of amides is 1. The van der Waals surface area contributed by atoms with E-state index in [1.807, 2.05) is 9.58 Å². The molecular weight excluding hydrogens is 430 g/mol. The van der Waals surface area contributed by atoms with E-state index in [2.05, 4.69) is 13.8 Å². The Morgan fingerprint density at radius 3 is 2.34 bits per heavy atom. The molecule has 9 nitrogen and oxygen atoms in total. The number of ketones is 1. The molecule has 1 aromatic heterocycles. The molecule has 2 fully saturated rings. The fourth-order valence-electron chi connectivity index (χ4n) is 5.46. The summed E-state index contributed by atoms with van der Waals surface area (Å²) in [6, 6.07) is -0.310. The first-order valence-corrected chi connectivity index (χ1v) is 12.9. The second kappa shape index (κ2) is 8.22. The first kappa shape index (κ1) is 23.4. The van der Waals surface area contributed by atoms with Gasteiger partial charge in [-0.1, -0.05) is 13.8 Å². The first-order valence-electron chi connectivity index (χ1n) is 11.5. The van der Waals surface area contributed by atoms with Crippen molar-refractivity contribution in [2.24, 2.45) is 5.41 Å². The van der Waals surface area contributed by atoms with Gasteiger partial charge in [-0.25, -0.2) is 0 Å². The molecule has 0 spiro atoms. The molecular formula is C22H35N5O4S. The molecule has 178 valence electrons. The number of likely N-dealkylation sites (tertiary alicyclic amines) is 1. The first-order chi connectivity index (χ1) is 14.9. The van der Waals surface area contributed by atoms with Gasteiger partial charge >= 0.3 is 0 Å². The summed E-state index contributed by atoms with van der Waals surface area (Å²) in [4.78, 5) is 26.9. The van der Waals surface area contributed by atoms with Crippen molar-refractivity contribution in [3.8, 4) is 0 Å². The van der Waals surface area contributed by atoms with E-state index >= 15 is 0 Å². The number of piperidine rings is 1. The summed E-state index contributed by atoms with van der Waals surface area (Å²) in [7, 11) is -0.537. The fraction of sp³-hybridized carbons (Fsp3) is 0.773. The zero-order valence-corrected chi connectivity index (χ0v) is 20.6. The van der Waals surface area contributed by atoms with Crippen molar-refractivity contribution >= 4 is 21.9 Å². The van der Waals surface area contributed by atoms with Crippen LogP contribution in [0.25, 0.3) is 0 Å². The van der Waals surface area contributed by atoms with Crippen LogP contribution in [0.15, 0.2) is 0 Å². The van der Waals surface area contributed by atoms with Crippen molar-refractivity contribution in [1.82, 2.24) is 23.3 Å². The molecule has 0 bridgehead atoms. The number of nitrogens with zero attached hydrogens (tertiary/aromatic N) is 5. The molecule has 1 amide bonds. The van der Waals surface area contributed by atoms with Crippen molar-refractivity contribution in [2.75, 3.05) is 33.7 Å². The highest BCUT2D eigenvalue weighted by molar-refractivity contribution is 7.86. The summed E-state index contributed by atoms with van der Waals surface area (Å²) in [6.07, 6.45) is 4.15. The number of Topliss-reactive ketones (excluding diaryl/α,β-unsaturated/α-hetero) is 1. The third-order valence-electron chi connectivity index (χ3n) is 7.13. The molecule has 0 N–H and O–H groups in total. The summed E-state index contributed by atoms with van der Waals surface area (Å²) in [6.45, 7) is 7.57. The molecule has 0 aromatic carbocycles. The lowest BCUT2D eigenvalue weighted by molar-refractivity contribution is -0.130. The molecule has 10 heteroatoms. The van der Waals surface area contributed by atoms with Crippen LogP contribution in [0.3, 0.4) is 0 Å². The van der Waals surface area contributed by atoms with E-state index in [1.54, 1.807) is 6.92 Å². The second-order valence-electron chi connectivity index (χ2n) is 10.4. The van der Waals surface area contributed by atoms with Gasteiger partial charge in [0.1, 0.15) is 0 Å². The third kappa shape index (κ3) is 4.01. The van der Waals surface area contributed by atoms with Crippen molar-refractivity contribution in [3.63, 3.8) is 0 Å². The van der Waals surface area contributed by atoms with Gasteiger partial charge in [0.2, 0.25) is 5.91 Å². The van der Waals surface area contributed by atoms with E-state index in [1.165, 1.54) is 22.7 Å². The highest BCUT2D eigenvalue weighted by Gasteiger charge is 2.44. The van der Waals surface area contributed by atoms with Crippen LogP contribution in [0, 0.1) is 5.41 Å². The van der Waals surface area contributed by atoms with Gasteiger partial charge in [0.15, 0.2) is 5.78 Å². The fourth-order valence-corrected chi connectivity index (χ4v) is 6.77. The van der Waals surface area contributed by atoms with E-state index in [4.69, 9.17) is 5.10 Å². The minimum absolute atomic E-state index is 0.0628. The molecule has 3 heterocycles. The predicted octanol–water partition coefficient (Wildman–Crippen LogP) is 2.16. The van der Waals surface area contributed by atoms with Gasteiger partial charge in [0.05, 0.1) is 29.0 Å². The molecule has 1 atom stereocenters. The Balaban J connectivity index is 1.76. The zero-order valence-electron chi connectivity index (χ0n) is 19.8. The van der Waals surface area contributed by atoms with Crippen LogP contribution in [-0.4, -0.2) is 77.1 Å². The lowest BCUT2D eigenvalue weighted by atomic mass is 9.75. The molecule has 2 saturated heterocycles. The quantitative estimate of drug-likeness (QED) is 0.679. The Bertz CT molecular complexity index is 1020. The second-order valence-corrected chi connectivity index (χ2v) is 12.5. The molecule has 2 aliphatic heterocycles. The monoisotopic (exact) mass is 465 g/mol. The minimum Gasteiger partial charge on any atom is -0.343 e. The summed E-state index contributed by atoms with van der Waals surface area (Å²) in [5.74, 6) is 0.145. The Morgan fingerprint density at radius 2 is 1.75 bits per heavy atom. The van der Waals surface area contributed by atoms with E-state index < -0.39 is 16.3 Å². The van der Waals surface area contributed by atoms with Crippen LogP contribution in [0.4, 0.5) is 0 Å². The van der Waals surface area contributed by atoms with E-state index in [0.717, 1.165) is 31.4 Å². The van der Waals surface area contributed by atoms with Crippen LogP contribution in [0.5, 0.6) is 0 Å². The maximum atomic E-state index is 13.3. The van der Waals surface area contributed by atoms with Gasteiger partial charge in [-0.2, -0.15) is 22.1 Å². The van der Waals surface area contributed by atoms with Gasteiger partial charge < -0.3 is 4.90 Å². The van der Waals surface area contributed by atoms with Crippen molar-refractivity contribution in [2.45, 2.75) is 71.4 Å². The van der Waals surface area contributed by atoms with Gasteiger partial charge in [-0.15, -0.1) is 0 Å². The molecule has 0 unspecified atom stereocenters. The predicted molar refractivity (Wildman–Crippen MR) is 120 cm³/mol. The number of aromatic nitrogens is 2. The van der Waals surface area contributed by atoms with Gasteiger partial charge in [0, 0.05) is 47.1 Å². The molecule has 0 radical (unpaired) electrons. The minimum atomic E-state index is -3.61. The maximum Gasteiger partial charge on any atom is 0.282 e. The number of carbonyl (C=O) groups is 2. The van der Waals surface area contributed by atoms with Crippen molar-refractivity contribution in [3.05, 3.63) is 17.0 Å². The highest BCUT2D eigenvalue weighted by Crippen LogP contribution is 2.43. The Kier molecular flexibility index (Phi) is 6.00. The number of carbonyl (C=O) groups excluding carboxylic acids is 2. The normalized spacial score (nSPS) is 24.9. The van der Waals surface area contributed by atoms with Crippen LogP contribution < -0.4 is 0 Å². The molecule has 4 rings (SSSR count). The van der Waals surface area contributed by atoms with E-state index in [-0.39, 0.29) is 23.1 Å². The van der Waals surface area contributed by atoms with Crippen LogP contribution in [0.1, 0.15) is 86.7 Å². The topological polar surface area (TPSA) is 95.8 Å². The van der Waals surface area contributed by atoms with Crippen molar-refractivity contribution in [1.29, 1.82) is 0 Å². The third-order valence-corrected chi connectivity index (χ3v) is 9.09. The van der Waals surface area contributed by atoms with Crippen molar-refractivity contribution < 1.29 is 18.0 Å². The van der Waals surface area contributed by atoms with Crippen LogP contribution in [-0.2, 0) is 21.4 Å². The summed E-state index contributed by atoms with van der Waals surface area (Å²) in [5, 5.41) is 4.97.